The van der Waals surface area contributed by atoms with Gasteiger partial charge in [-0.25, -0.2) is 0 Å². The van der Waals surface area contributed by atoms with Gasteiger partial charge in [-0.2, -0.15) is 0 Å². The molecule has 4 heteroatoms. The summed E-state index contributed by atoms with van der Waals surface area (Å²) in [5, 5.41) is 0.289. The zero-order chi connectivity index (χ0) is 14.4. The van der Waals surface area contributed by atoms with Gasteiger partial charge in [0.2, 0.25) is 5.91 Å². The lowest BCUT2D eigenvalue weighted by atomic mass is 10.2. The topological polar surface area (TPSA) is 29.5 Å². The van der Waals surface area contributed by atoms with E-state index in [2.05, 4.69) is 15.9 Å². The minimum absolute atomic E-state index is 0.0158. The number of anilines is 1. The van der Waals surface area contributed by atoms with Crippen molar-refractivity contribution >= 4 is 27.5 Å². The Balaban J connectivity index is 2.29. The van der Waals surface area contributed by atoms with E-state index in [0.717, 1.165) is 17.0 Å². The number of ether oxygens (including phenoxy) is 1. The van der Waals surface area contributed by atoms with E-state index < -0.39 is 0 Å². The first-order chi connectivity index (χ1) is 9.74. The molecule has 0 atom stereocenters. The summed E-state index contributed by atoms with van der Waals surface area (Å²) < 4.78 is 5.22. The Morgan fingerprint density at radius 1 is 1.15 bits per heavy atom. The molecule has 0 aliphatic heterocycles. The molecule has 0 bridgehead atoms. The predicted molar refractivity (Wildman–Crippen MR) is 84.4 cm³/mol. The number of benzene rings is 2. The van der Waals surface area contributed by atoms with E-state index in [-0.39, 0.29) is 11.2 Å². The van der Waals surface area contributed by atoms with E-state index in [4.69, 9.17) is 4.74 Å². The fraction of sp³-hybridized carbons (Fsp3) is 0.188. The molecule has 0 spiro atoms. The fourth-order valence-electron chi connectivity index (χ4n) is 1.94. The van der Waals surface area contributed by atoms with E-state index in [1.807, 2.05) is 54.6 Å². The zero-order valence-electron chi connectivity index (χ0n) is 11.3. The van der Waals surface area contributed by atoms with E-state index in [1.54, 1.807) is 12.0 Å². The van der Waals surface area contributed by atoms with E-state index in [0.29, 0.717) is 6.54 Å². The zero-order valence-corrected chi connectivity index (χ0v) is 12.8. The largest absolute Gasteiger partial charge is 0.497 e. The SMILES string of the molecule is COc1cccc(N(Cc2ccccc2)C(=O)CBr)c1. The summed E-state index contributed by atoms with van der Waals surface area (Å²) in [6.45, 7) is 0.540. The quantitative estimate of drug-likeness (QED) is 0.782. The van der Waals surface area contributed by atoms with Crippen LogP contribution in [0.5, 0.6) is 5.75 Å². The first kappa shape index (κ1) is 14.6. The fourth-order valence-corrected chi connectivity index (χ4v) is 2.24. The molecule has 0 aliphatic carbocycles. The molecule has 2 aromatic rings. The average Bonchev–Trinajstić information content (AvgIpc) is 2.53. The number of methoxy groups -OCH3 is 1. The third-order valence-electron chi connectivity index (χ3n) is 2.96. The summed E-state index contributed by atoms with van der Waals surface area (Å²) in [5.41, 5.74) is 1.92. The minimum Gasteiger partial charge on any atom is -0.497 e. The van der Waals surface area contributed by atoms with Crippen LogP contribution >= 0.6 is 15.9 Å². The molecule has 0 radical (unpaired) electrons. The van der Waals surface area contributed by atoms with E-state index >= 15 is 0 Å². The molecule has 0 aliphatic rings. The van der Waals surface area contributed by atoms with Crippen molar-refractivity contribution in [1.82, 2.24) is 0 Å². The maximum Gasteiger partial charge on any atom is 0.237 e. The van der Waals surface area contributed by atoms with Crippen LogP contribution in [0.3, 0.4) is 0 Å². The van der Waals surface area contributed by atoms with Crippen molar-refractivity contribution < 1.29 is 9.53 Å². The Morgan fingerprint density at radius 2 is 1.90 bits per heavy atom. The van der Waals surface area contributed by atoms with Crippen molar-refractivity contribution in [3.05, 3.63) is 60.2 Å². The molecule has 2 rings (SSSR count). The summed E-state index contributed by atoms with van der Waals surface area (Å²) in [5.74, 6) is 0.755. The molecule has 2 aromatic carbocycles. The maximum atomic E-state index is 12.2. The Bertz CT molecular complexity index is 572. The standard InChI is InChI=1S/C16H16BrNO2/c1-20-15-9-5-8-14(10-15)18(16(19)11-17)12-13-6-3-2-4-7-13/h2-10H,11-12H2,1H3. The molecule has 3 nitrogen and oxygen atoms in total. The number of alkyl halides is 1. The summed E-state index contributed by atoms with van der Waals surface area (Å²) in [6, 6.07) is 17.4. The average molecular weight is 334 g/mol. The monoisotopic (exact) mass is 333 g/mol. The summed E-state index contributed by atoms with van der Waals surface area (Å²) in [6.07, 6.45) is 0. The van der Waals surface area contributed by atoms with E-state index in [1.165, 1.54) is 0 Å². The molecule has 0 heterocycles. The van der Waals surface area contributed by atoms with Gasteiger partial charge < -0.3 is 9.64 Å². The van der Waals surface area contributed by atoms with Gasteiger partial charge in [0.25, 0.3) is 0 Å². The first-order valence-corrected chi connectivity index (χ1v) is 7.41. The second-order valence-corrected chi connectivity index (χ2v) is 4.86. The van der Waals surface area contributed by atoms with Crippen molar-refractivity contribution in [2.45, 2.75) is 6.54 Å². The molecular weight excluding hydrogens is 318 g/mol. The highest BCUT2D eigenvalue weighted by Crippen LogP contribution is 2.23. The minimum atomic E-state index is 0.0158. The first-order valence-electron chi connectivity index (χ1n) is 6.29. The van der Waals surface area contributed by atoms with Crippen LogP contribution in [0.4, 0.5) is 5.69 Å². The highest BCUT2D eigenvalue weighted by molar-refractivity contribution is 9.09. The second kappa shape index (κ2) is 7.10. The number of rotatable bonds is 5. The van der Waals surface area contributed by atoms with Crippen LogP contribution in [0.1, 0.15) is 5.56 Å². The number of halogens is 1. The molecule has 20 heavy (non-hydrogen) atoms. The van der Waals surface area contributed by atoms with Gasteiger partial charge in [-0.1, -0.05) is 52.3 Å². The highest BCUT2D eigenvalue weighted by atomic mass is 79.9. The summed E-state index contributed by atoms with van der Waals surface area (Å²) >= 11 is 3.24. The van der Waals surface area contributed by atoms with Crippen LogP contribution in [0, 0.1) is 0 Å². The Kier molecular flexibility index (Phi) is 5.18. The lowest BCUT2D eigenvalue weighted by molar-refractivity contribution is -0.116. The lowest BCUT2D eigenvalue weighted by Gasteiger charge is -2.22. The summed E-state index contributed by atoms with van der Waals surface area (Å²) in [4.78, 5) is 13.9. The Labute approximate surface area is 127 Å². The molecule has 0 fully saturated rings. The van der Waals surface area contributed by atoms with Crippen LogP contribution in [0.25, 0.3) is 0 Å². The molecule has 104 valence electrons. The highest BCUT2D eigenvalue weighted by Gasteiger charge is 2.15. The molecule has 1 amide bonds. The molecule has 0 saturated heterocycles. The third-order valence-corrected chi connectivity index (χ3v) is 3.44. The van der Waals surface area contributed by atoms with Gasteiger partial charge in [-0.3, -0.25) is 4.79 Å². The van der Waals surface area contributed by atoms with Crippen molar-refractivity contribution in [2.24, 2.45) is 0 Å². The summed E-state index contributed by atoms with van der Waals surface area (Å²) in [7, 11) is 1.62. The van der Waals surface area contributed by atoms with Crippen LogP contribution in [0.2, 0.25) is 0 Å². The van der Waals surface area contributed by atoms with Crippen LogP contribution < -0.4 is 9.64 Å². The number of hydrogen-bond acceptors (Lipinski definition) is 2. The van der Waals surface area contributed by atoms with Gasteiger partial charge in [-0.15, -0.1) is 0 Å². The molecule has 0 unspecified atom stereocenters. The lowest BCUT2D eigenvalue weighted by Crippen LogP contribution is -2.31. The van der Waals surface area contributed by atoms with Crippen molar-refractivity contribution in [3.8, 4) is 5.75 Å². The number of hydrogen-bond donors (Lipinski definition) is 0. The van der Waals surface area contributed by atoms with Gasteiger partial charge >= 0.3 is 0 Å². The third kappa shape index (κ3) is 3.61. The maximum absolute atomic E-state index is 12.2. The van der Waals surface area contributed by atoms with Gasteiger partial charge in [0.15, 0.2) is 0 Å². The Morgan fingerprint density at radius 3 is 2.55 bits per heavy atom. The second-order valence-electron chi connectivity index (χ2n) is 4.30. The predicted octanol–water partition coefficient (Wildman–Crippen LogP) is 3.62. The Hall–Kier alpha value is -1.81. The van der Waals surface area contributed by atoms with Gasteiger partial charge in [0.1, 0.15) is 5.75 Å². The van der Waals surface area contributed by atoms with Crippen LogP contribution in [-0.2, 0) is 11.3 Å². The molecular formula is C16H16BrNO2. The van der Waals surface area contributed by atoms with Crippen molar-refractivity contribution in [1.29, 1.82) is 0 Å². The number of carbonyl (C=O) groups is 1. The smallest absolute Gasteiger partial charge is 0.237 e. The van der Waals surface area contributed by atoms with Crippen molar-refractivity contribution in [2.75, 3.05) is 17.3 Å². The number of amides is 1. The van der Waals surface area contributed by atoms with Gasteiger partial charge in [-0.05, 0) is 17.7 Å². The van der Waals surface area contributed by atoms with Crippen LogP contribution in [-0.4, -0.2) is 18.3 Å². The molecule has 0 saturated carbocycles. The number of carbonyl (C=O) groups excluding carboxylic acids is 1. The van der Waals surface area contributed by atoms with Gasteiger partial charge in [0, 0.05) is 11.8 Å². The molecule has 0 N–H and O–H groups in total. The van der Waals surface area contributed by atoms with Crippen molar-refractivity contribution in [3.63, 3.8) is 0 Å². The van der Waals surface area contributed by atoms with E-state index in [9.17, 15) is 4.79 Å². The molecule has 0 aromatic heterocycles. The normalized spacial score (nSPS) is 10.1. The number of nitrogens with zero attached hydrogens (tertiary/aromatic N) is 1. The van der Waals surface area contributed by atoms with Gasteiger partial charge in [0.05, 0.1) is 19.0 Å². The van der Waals surface area contributed by atoms with Crippen LogP contribution in [0.15, 0.2) is 54.6 Å².